The number of carbonyl (C=O) groups excluding carboxylic acids is 2. The fraction of sp³-hybridized carbons (Fsp3) is 0.269. The lowest BCUT2D eigenvalue weighted by Gasteiger charge is -2.16. The van der Waals surface area contributed by atoms with Crippen molar-refractivity contribution in [2.45, 2.75) is 19.3 Å². The number of aromatic amines is 1. The molecule has 1 atom stereocenters. The molecule has 7 nitrogen and oxygen atoms in total. The standard InChI is InChI=1S/C26H26N4O3/c1-16-6-7-17-13-24(29-22(17)12-16)26(33)30-10-8-18(15-30)23-14-20(25(32)27-9-11-31)19-4-2-3-5-21(19)28-23/h2-7,12-14,18,29,31H,8-11,15H2,1H3,(H,27,32)/t18-/m1/s1. The van der Waals surface area contributed by atoms with Crippen LogP contribution in [0, 0.1) is 6.92 Å². The summed E-state index contributed by atoms with van der Waals surface area (Å²) in [6.07, 6.45) is 0.786. The van der Waals surface area contributed by atoms with Gasteiger partial charge in [0.2, 0.25) is 0 Å². The minimum absolute atomic E-state index is 0.0203. The van der Waals surface area contributed by atoms with Crippen LogP contribution in [0.1, 0.15) is 44.4 Å². The highest BCUT2D eigenvalue weighted by atomic mass is 16.3. The van der Waals surface area contributed by atoms with E-state index in [1.165, 1.54) is 0 Å². The van der Waals surface area contributed by atoms with Crippen LogP contribution in [0.3, 0.4) is 0 Å². The first-order valence-electron chi connectivity index (χ1n) is 11.2. The summed E-state index contributed by atoms with van der Waals surface area (Å²) in [5.41, 5.74) is 4.80. The molecule has 33 heavy (non-hydrogen) atoms. The molecule has 5 rings (SSSR count). The Morgan fingerprint density at radius 1 is 1.18 bits per heavy atom. The summed E-state index contributed by atoms with van der Waals surface area (Å²) in [5.74, 6) is -0.203. The Morgan fingerprint density at radius 3 is 2.88 bits per heavy atom. The zero-order valence-electron chi connectivity index (χ0n) is 18.5. The van der Waals surface area contributed by atoms with Crippen molar-refractivity contribution in [1.82, 2.24) is 20.2 Å². The number of carbonyl (C=O) groups is 2. The quantitative estimate of drug-likeness (QED) is 0.441. The van der Waals surface area contributed by atoms with Gasteiger partial charge in [-0.25, -0.2) is 0 Å². The maximum atomic E-state index is 13.2. The fourth-order valence-corrected chi connectivity index (χ4v) is 4.57. The van der Waals surface area contributed by atoms with Crippen molar-refractivity contribution in [2.75, 3.05) is 26.2 Å². The van der Waals surface area contributed by atoms with E-state index in [4.69, 9.17) is 10.1 Å². The maximum Gasteiger partial charge on any atom is 0.270 e. The molecule has 1 aliphatic rings. The number of fused-ring (bicyclic) bond motifs is 2. The summed E-state index contributed by atoms with van der Waals surface area (Å²) in [6, 6.07) is 17.4. The number of aromatic nitrogens is 2. The van der Waals surface area contributed by atoms with Crippen LogP contribution >= 0.6 is 0 Å². The molecule has 1 fully saturated rings. The number of hydrogen-bond acceptors (Lipinski definition) is 4. The molecule has 0 aliphatic carbocycles. The van der Waals surface area contributed by atoms with Gasteiger partial charge >= 0.3 is 0 Å². The van der Waals surface area contributed by atoms with Crippen LogP contribution < -0.4 is 5.32 Å². The number of aliphatic hydroxyl groups is 1. The molecule has 0 bridgehead atoms. The largest absolute Gasteiger partial charge is 0.395 e. The van der Waals surface area contributed by atoms with E-state index >= 15 is 0 Å². The lowest BCUT2D eigenvalue weighted by molar-refractivity contribution is 0.0785. The van der Waals surface area contributed by atoms with E-state index in [1.54, 1.807) is 0 Å². The number of H-pyrrole nitrogens is 1. The molecule has 1 saturated heterocycles. The van der Waals surface area contributed by atoms with Crippen LogP contribution in [0.2, 0.25) is 0 Å². The first-order valence-corrected chi connectivity index (χ1v) is 11.2. The fourth-order valence-electron chi connectivity index (χ4n) is 4.57. The van der Waals surface area contributed by atoms with Crippen molar-refractivity contribution in [3.63, 3.8) is 0 Å². The third-order valence-corrected chi connectivity index (χ3v) is 6.28. The number of hydrogen-bond donors (Lipinski definition) is 3. The van der Waals surface area contributed by atoms with E-state index in [1.807, 2.05) is 66.4 Å². The Bertz CT molecular complexity index is 1360. The third-order valence-electron chi connectivity index (χ3n) is 6.28. The van der Waals surface area contributed by atoms with E-state index < -0.39 is 0 Å². The number of nitrogens with one attached hydrogen (secondary N) is 2. The molecule has 1 aliphatic heterocycles. The van der Waals surface area contributed by atoms with Gasteiger partial charge in [0.15, 0.2) is 0 Å². The zero-order chi connectivity index (χ0) is 22.9. The predicted octanol–water partition coefficient (Wildman–Crippen LogP) is 3.38. The van der Waals surface area contributed by atoms with E-state index in [9.17, 15) is 9.59 Å². The van der Waals surface area contributed by atoms with Crippen molar-refractivity contribution < 1.29 is 14.7 Å². The van der Waals surface area contributed by atoms with Crippen LogP contribution in [-0.4, -0.2) is 58.0 Å². The molecule has 2 aromatic carbocycles. The molecular formula is C26H26N4O3. The molecule has 7 heteroatoms. The Balaban J connectivity index is 1.40. The second-order valence-electron chi connectivity index (χ2n) is 8.60. The first kappa shape index (κ1) is 21.2. The number of para-hydroxylation sites is 1. The van der Waals surface area contributed by atoms with Crippen LogP contribution in [-0.2, 0) is 0 Å². The molecule has 2 amide bonds. The number of aryl methyl sites for hydroxylation is 1. The highest BCUT2D eigenvalue weighted by molar-refractivity contribution is 6.06. The van der Waals surface area contributed by atoms with Gasteiger partial charge in [-0.2, -0.15) is 0 Å². The van der Waals surface area contributed by atoms with Crippen molar-refractivity contribution in [3.8, 4) is 0 Å². The maximum absolute atomic E-state index is 13.2. The highest BCUT2D eigenvalue weighted by Crippen LogP contribution is 2.30. The van der Waals surface area contributed by atoms with Gasteiger partial charge in [-0.3, -0.25) is 14.6 Å². The van der Waals surface area contributed by atoms with E-state index in [0.717, 1.165) is 39.5 Å². The first-order chi connectivity index (χ1) is 16.0. The van der Waals surface area contributed by atoms with Crippen LogP contribution in [0.5, 0.6) is 0 Å². The molecule has 0 spiro atoms. The lowest BCUT2D eigenvalue weighted by atomic mass is 9.99. The smallest absolute Gasteiger partial charge is 0.270 e. The molecule has 168 valence electrons. The van der Waals surface area contributed by atoms with Gasteiger partial charge < -0.3 is 20.3 Å². The topological polar surface area (TPSA) is 98.3 Å². The van der Waals surface area contributed by atoms with Crippen LogP contribution in [0.25, 0.3) is 21.8 Å². The number of pyridine rings is 1. The van der Waals surface area contributed by atoms with Gasteiger partial charge in [0.25, 0.3) is 11.8 Å². The van der Waals surface area contributed by atoms with Crippen molar-refractivity contribution >= 4 is 33.6 Å². The molecule has 0 radical (unpaired) electrons. The van der Waals surface area contributed by atoms with Gasteiger partial charge in [-0.05, 0) is 43.2 Å². The molecule has 4 aromatic rings. The highest BCUT2D eigenvalue weighted by Gasteiger charge is 2.30. The van der Waals surface area contributed by atoms with E-state index in [2.05, 4.69) is 10.3 Å². The number of benzene rings is 2. The third kappa shape index (κ3) is 4.07. The molecule has 2 aromatic heterocycles. The summed E-state index contributed by atoms with van der Waals surface area (Å²) >= 11 is 0. The Hall–Kier alpha value is -3.71. The van der Waals surface area contributed by atoms with Crippen LogP contribution in [0.4, 0.5) is 0 Å². The number of rotatable bonds is 5. The van der Waals surface area contributed by atoms with Gasteiger partial charge in [0.1, 0.15) is 5.69 Å². The average molecular weight is 443 g/mol. The van der Waals surface area contributed by atoms with Crippen LogP contribution in [0.15, 0.2) is 54.6 Å². The number of likely N-dealkylation sites (tertiary alicyclic amines) is 1. The summed E-state index contributed by atoms with van der Waals surface area (Å²) in [6.45, 7) is 3.30. The zero-order valence-corrected chi connectivity index (χ0v) is 18.5. The van der Waals surface area contributed by atoms with Gasteiger partial charge in [-0.1, -0.05) is 30.3 Å². The van der Waals surface area contributed by atoms with E-state index in [0.29, 0.717) is 24.3 Å². The Labute approximate surface area is 191 Å². The Morgan fingerprint density at radius 2 is 2.03 bits per heavy atom. The Kier molecular flexibility index (Phi) is 5.56. The minimum atomic E-state index is -0.233. The second-order valence-corrected chi connectivity index (χ2v) is 8.60. The monoisotopic (exact) mass is 442 g/mol. The van der Waals surface area contributed by atoms with Gasteiger partial charge in [0, 0.05) is 47.5 Å². The molecule has 0 unspecified atom stereocenters. The SMILES string of the molecule is Cc1ccc2cc(C(=O)N3CC[C@@H](c4cc(C(=O)NCCO)c5ccccc5n4)C3)[nH]c2c1. The summed E-state index contributed by atoms with van der Waals surface area (Å²) in [5, 5.41) is 13.6. The van der Waals surface area contributed by atoms with Crippen molar-refractivity contribution in [2.24, 2.45) is 0 Å². The molecular weight excluding hydrogens is 416 g/mol. The number of amides is 2. The van der Waals surface area contributed by atoms with Gasteiger partial charge in [-0.15, -0.1) is 0 Å². The molecule has 3 heterocycles. The average Bonchev–Trinajstić information content (AvgIpc) is 3.48. The summed E-state index contributed by atoms with van der Waals surface area (Å²) < 4.78 is 0. The number of aliphatic hydroxyl groups excluding tert-OH is 1. The van der Waals surface area contributed by atoms with E-state index in [-0.39, 0.29) is 30.9 Å². The van der Waals surface area contributed by atoms with Crippen molar-refractivity contribution in [1.29, 1.82) is 0 Å². The number of nitrogens with zero attached hydrogens (tertiary/aromatic N) is 2. The normalized spacial score (nSPS) is 15.9. The minimum Gasteiger partial charge on any atom is -0.395 e. The summed E-state index contributed by atoms with van der Waals surface area (Å²) in [7, 11) is 0. The van der Waals surface area contributed by atoms with Crippen molar-refractivity contribution in [3.05, 3.63) is 77.1 Å². The van der Waals surface area contributed by atoms with Gasteiger partial charge in [0.05, 0.1) is 17.7 Å². The summed E-state index contributed by atoms with van der Waals surface area (Å²) in [4.78, 5) is 35.8. The molecule has 3 N–H and O–H groups in total. The second kappa shape index (κ2) is 8.67. The predicted molar refractivity (Wildman–Crippen MR) is 127 cm³/mol. The molecule has 0 saturated carbocycles. The lowest BCUT2D eigenvalue weighted by Crippen LogP contribution is -2.29.